The zero-order valence-electron chi connectivity index (χ0n) is 6.26. The molecule has 1 saturated carbocycles. The van der Waals surface area contributed by atoms with E-state index in [4.69, 9.17) is 9.68 Å². The summed E-state index contributed by atoms with van der Waals surface area (Å²) < 4.78 is 9.21. The summed E-state index contributed by atoms with van der Waals surface area (Å²) in [7, 11) is -1.22. The molecular formula is C6H12BCuO3. The van der Waals surface area contributed by atoms with Gasteiger partial charge in [0.05, 0.1) is 0 Å². The second kappa shape index (κ2) is 5.17. The maximum atomic E-state index is 8.86. The molecule has 0 aromatic heterocycles. The van der Waals surface area contributed by atoms with Crippen molar-refractivity contribution in [1.82, 2.24) is 0 Å². The molecule has 0 unspecified atom stereocenters. The first-order chi connectivity index (χ1) is 5.33. The molecule has 0 aromatic rings. The Morgan fingerprint density at radius 3 is 2.45 bits per heavy atom. The number of hydrogen-bond donors (Lipinski definition) is 1. The van der Waals surface area contributed by atoms with Crippen LogP contribution in [0.25, 0.3) is 0 Å². The van der Waals surface area contributed by atoms with Gasteiger partial charge in [-0.1, -0.05) is 0 Å². The monoisotopic (exact) mass is 206 g/mol. The molecule has 5 heteroatoms. The van der Waals surface area contributed by atoms with Gasteiger partial charge in [0.25, 0.3) is 0 Å². The zero-order chi connectivity index (χ0) is 8.10. The van der Waals surface area contributed by atoms with E-state index in [1.165, 1.54) is 19.3 Å². The van der Waals surface area contributed by atoms with Crippen molar-refractivity contribution >= 4 is 7.32 Å². The van der Waals surface area contributed by atoms with Crippen LogP contribution in [0.3, 0.4) is 0 Å². The van der Waals surface area contributed by atoms with Crippen molar-refractivity contribution in [3.8, 4) is 0 Å². The van der Waals surface area contributed by atoms with Crippen LogP contribution in [0.4, 0.5) is 0 Å². The summed E-state index contributed by atoms with van der Waals surface area (Å²) in [6.07, 6.45) is 5.77. The third-order valence-corrected chi connectivity index (χ3v) is 2.11. The number of hydrogen-bond acceptors (Lipinski definition) is 3. The molecule has 0 saturated heterocycles. The quantitative estimate of drug-likeness (QED) is 0.694. The molecule has 0 bridgehead atoms. The average molecular weight is 207 g/mol. The fourth-order valence-electron chi connectivity index (χ4n) is 1.38. The van der Waals surface area contributed by atoms with Crippen LogP contribution in [-0.4, -0.2) is 18.4 Å². The van der Waals surface area contributed by atoms with Crippen molar-refractivity contribution < 1.29 is 29.8 Å². The Morgan fingerprint density at radius 2 is 1.91 bits per heavy atom. The molecule has 1 aliphatic rings. The molecule has 68 valence electrons. The Bertz CT molecular complexity index is 108. The summed E-state index contributed by atoms with van der Waals surface area (Å²) in [5, 5.41) is 8.86. The average Bonchev–Trinajstić information content (AvgIpc) is 2.06. The normalized spacial score (nSPS) is 20.3. The fourth-order valence-corrected chi connectivity index (χ4v) is 1.43. The summed E-state index contributed by atoms with van der Waals surface area (Å²) in [4.78, 5) is 0. The second-order valence-electron chi connectivity index (χ2n) is 2.77. The van der Waals surface area contributed by atoms with Gasteiger partial charge in [-0.3, -0.25) is 0 Å². The molecule has 0 atom stereocenters. The third kappa shape index (κ3) is 3.58. The summed E-state index contributed by atoms with van der Waals surface area (Å²) >= 11 is 4.30. The molecule has 0 spiro atoms. The van der Waals surface area contributed by atoms with E-state index in [0.717, 1.165) is 12.8 Å². The number of rotatable bonds is 3. The molecule has 1 N–H and O–H groups in total. The molecule has 3 nitrogen and oxygen atoms in total. The van der Waals surface area contributed by atoms with Crippen molar-refractivity contribution in [1.29, 1.82) is 0 Å². The molecule has 0 amide bonds. The Balaban J connectivity index is 2.13. The Labute approximate surface area is 75.8 Å². The van der Waals surface area contributed by atoms with Crippen molar-refractivity contribution in [3.05, 3.63) is 0 Å². The van der Waals surface area contributed by atoms with Crippen LogP contribution in [0.1, 0.15) is 32.1 Å². The molecule has 1 rings (SSSR count). The summed E-state index contributed by atoms with van der Waals surface area (Å²) in [5.41, 5.74) is 0. The van der Waals surface area contributed by atoms with Crippen molar-refractivity contribution in [2.75, 3.05) is 0 Å². The van der Waals surface area contributed by atoms with Gasteiger partial charge in [0, 0.05) is 0 Å². The van der Waals surface area contributed by atoms with Gasteiger partial charge in [-0.15, -0.1) is 0 Å². The molecule has 0 radical (unpaired) electrons. The first kappa shape index (κ1) is 9.55. The summed E-state index contributed by atoms with van der Waals surface area (Å²) in [6, 6.07) is 0. The van der Waals surface area contributed by atoms with E-state index in [2.05, 4.69) is 20.1 Å². The van der Waals surface area contributed by atoms with Gasteiger partial charge < -0.3 is 0 Å². The second-order valence-corrected chi connectivity index (χ2v) is 3.00. The molecular weight excluding hydrogens is 194 g/mol. The topological polar surface area (TPSA) is 38.7 Å². The Morgan fingerprint density at radius 1 is 1.27 bits per heavy atom. The molecule has 1 aliphatic carbocycles. The maximum absolute atomic E-state index is 8.86. The zero-order valence-corrected chi connectivity index (χ0v) is 7.20. The molecule has 11 heavy (non-hydrogen) atoms. The Kier molecular flexibility index (Phi) is 4.49. The van der Waals surface area contributed by atoms with Crippen molar-refractivity contribution in [3.63, 3.8) is 0 Å². The van der Waals surface area contributed by atoms with E-state index in [9.17, 15) is 0 Å². The van der Waals surface area contributed by atoms with E-state index in [0.29, 0.717) is 0 Å². The van der Waals surface area contributed by atoms with Gasteiger partial charge in [-0.25, -0.2) is 0 Å². The van der Waals surface area contributed by atoms with Crippen LogP contribution < -0.4 is 0 Å². The van der Waals surface area contributed by atoms with Gasteiger partial charge in [0.2, 0.25) is 0 Å². The van der Waals surface area contributed by atoms with Gasteiger partial charge in [-0.2, -0.15) is 0 Å². The summed E-state index contributed by atoms with van der Waals surface area (Å²) in [5.74, 6) is 0. The van der Waals surface area contributed by atoms with Crippen molar-refractivity contribution in [2.24, 2.45) is 0 Å². The Hall–Kier alpha value is 0.464. The summed E-state index contributed by atoms with van der Waals surface area (Å²) in [6.45, 7) is 0. The SMILES string of the molecule is OB([O][Cu])OC1CCCCC1. The van der Waals surface area contributed by atoms with Crippen molar-refractivity contribution in [2.45, 2.75) is 38.2 Å². The van der Waals surface area contributed by atoms with Crippen LogP contribution >= 0.6 is 0 Å². The van der Waals surface area contributed by atoms with E-state index in [-0.39, 0.29) is 6.10 Å². The first-order valence-electron chi connectivity index (χ1n) is 3.90. The van der Waals surface area contributed by atoms with Gasteiger partial charge in [0.1, 0.15) is 0 Å². The van der Waals surface area contributed by atoms with Crippen LogP contribution in [0, 0.1) is 0 Å². The van der Waals surface area contributed by atoms with Gasteiger partial charge in [0.15, 0.2) is 0 Å². The predicted molar refractivity (Wildman–Crippen MR) is 37.0 cm³/mol. The van der Waals surface area contributed by atoms with Crippen LogP contribution in [0.5, 0.6) is 0 Å². The molecule has 0 aliphatic heterocycles. The van der Waals surface area contributed by atoms with Crippen LogP contribution in [-0.2, 0) is 24.7 Å². The standard InChI is InChI=1S/C6H12BO3.Cu/c8-7(9)10-6-4-2-1-3-5-6;/h6,8H,1-5H2;/q-1;+1. The van der Waals surface area contributed by atoms with Crippen LogP contribution in [0.2, 0.25) is 0 Å². The minimum atomic E-state index is -1.22. The minimum absolute atomic E-state index is 0.137. The van der Waals surface area contributed by atoms with Gasteiger partial charge >= 0.3 is 75.3 Å². The van der Waals surface area contributed by atoms with E-state index in [1.54, 1.807) is 0 Å². The molecule has 0 heterocycles. The van der Waals surface area contributed by atoms with E-state index in [1.807, 2.05) is 0 Å². The third-order valence-electron chi connectivity index (χ3n) is 1.92. The van der Waals surface area contributed by atoms with E-state index >= 15 is 0 Å². The first-order valence-corrected chi connectivity index (χ1v) is 4.29. The van der Waals surface area contributed by atoms with Crippen LogP contribution in [0.15, 0.2) is 0 Å². The molecule has 1 fully saturated rings. The predicted octanol–water partition coefficient (Wildman–Crippen LogP) is 0.791. The fraction of sp³-hybridized carbons (Fsp3) is 1.00. The molecule has 0 aromatic carbocycles. The van der Waals surface area contributed by atoms with E-state index < -0.39 is 7.32 Å². The van der Waals surface area contributed by atoms with Gasteiger partial charge in [-0.05, 0) is 0 Å².